The van der Waals surface area contributed by atoms with Crippen molar-refractivity contribution in [2.45, 2.75) is 20.3 Å². The van der Waals surface area contributed by atoms with Gasteiger partial charge in [0.1, 0.15) is 13.2 Å². The number of hydrogen-bond donors (Lipinski definition) is 3. The van der Waals surface area contributed by atoms with Crippen LogP contribution in [0.4, 0.5) is 5.69 Å². The first kappa shape index (κ1) is 18.0. The van der Waals surface area contributed by atoms with Crippen molar-refractivity contribution in [3.63, 3.8) is 0 Å². The average Bonchev–Trinajstić information content (AvgIpc) is 2.67. The number of benzene rings is 2. The molecule has 0 radical (unpaired) electrons. The van der Waals surface area contributed by atoms with Crippen molar-refractivity contribution in [1.82, 2.24) is 10.9 Å². The summed E-state index contributed by atoms with van der Waals surface area (Å²) in [5.41, 5.74) is 8.99. The Morgan fingerprint density at radius 3 is 2.65 bits per heavy atom. The molecule has 6 nitrogen and oxygen atoms in total. The number of hydrazine groups is 1. The lowest BCUT2D eigenvalue weighted by molar-refractivity contribution is 0.0943. The molecule has 1 aliphatic heterocycles. The lowest BCUT2D eigenvalue weighted by atomic mass is 10.1. The molecule has 0 atom stereocenters. The SMILES string of the molecule is CCc1cccc(C)c1NC(=S)NNC(=O)c1ccc2c(c1)OCCO2. The van der Waals surface area contributed by atoms with Gasteiger partial charge >= 0.3 is 0 Å². The summed E-state index contributed by atoms with van der Waals surface area (Å²) in [6.45, 7) is 5.08. The number of fused-ring (bicyclic) bond motifs is 1. The van der Waals surface area contributed by atoms with Gasteiger partial charge in [0.2, 0.25) is 0 Å². The Kier molecular flexibility index (Phi) is 5.58. The van der Waals surface area contributed by atoms with E-state index in [9.17, 15) is 4.79 Å². The van der Waals surface area contributed by atoms with E-state index in [-0.39, 0.29) is 5.91 Å². The van der Waals surface area contributed by atoms with Gasteiger partial charge in [0.25, 0.3) is 5.91 Å². The molecule has 2 aromatic rings. The van der Waals surface area contributed by atoms with E-state index in [1.54, 1.807) is 18.2 Å². The van der Waals surface area contributed by atoms with E-state index >= 15 is 0 Å². The molecule has 1 amide bonds. The molecule has 0 saturated heterocycles. The molecule has 0 unspecified atom stereocenters. The van der Waals surface area contributed by atoms with E-state index in [2.05, 4.69) is 23.1 Å². The smallest absolute Gasteiger partial charge is 0.269 e. The molecule has 1 aliphatic rings. The molecule has 0 spiro atoms. The Labute approximate surface area is 157 Å². The van der Waals surface area contributed by atoms with Crippen LogP contribution in [0.3, 0.4) is 0 Å². The van der Waals surface area contributed by atoms with Crippen LogP contribution < -0.4 is 25.6 Å². The van der Waals surface area contributed by atoms with E-state index in [1.165, 1.54) is 0 Å². The molecular formula is C19H21N3O3S. The normalized spacial score (nSPS) is 12.2. The topological polar surface area (TPSA) is 71.6 Å². The summed E-state index contributed by atoms with van der Waals surface area (Å²) in [5, 5.41) is 3.47. The maximum Gasteiger partial charge on any atom is 0.269 e. The van der Waals surface area contributed by atoms with Gasteiger partial charge in [-0.3, -0.25) is 15.6 Å². The number of carbonyl (C=O) groups is 1. The van der Waals surface area contributed by atoms with Crippen LogP contribution in [-0.2, 0) is 6.42 Å². The number of nitrogens with one attached hydrogen (secondary N) is 3. The second-order valence-corrected chi connectivity index (χ2v) is 6.26. The number of amides is 1. The van der Waals surface area contributed by atoms with Gasteiger partial charge in [0, 0.05) is 11.3 Å². The monoisotopic (exact) mass is 371 g/mol. The summed E-state index contributed by atoms with van der Waals surface area (Å²) in [4.78, 5) is 12.3. The van der Waals surface area contributed by atoms with E-state index in [0.29, 0.717) is 35.4 Å². The average molecular weight is 371 g/mol. The first-order valence-electron chi connectivity index (χ1n) is 8.44. The predicted molar refractivity (Wildman–Crippen MR) is 105 cm³/mol. The van der Waals surface area contributed by atoms with Crippen LogP contribution >= 0.6 is 12.2 Å². The first-order valence-corrected chi connectivity index (χ1v) is 8.84. The van der Waals surface area contributed by atoms with Crippen LogP contribution in [0.2, 0.25) is 0 Å². The van der Waals surface area contributed by atoms with Gasteiger partial charge in [-0.2, -0.15) is 0 Å². The lowest BCUT2D eigenvalue weighted by Gasteiger charge is -2.19. The highest BCUT2D eigenvalue weighted by atomic mass is 32.1. The molecule has 1 heterocycles. The van der Waals surface area contributed by atoms with Crippen LogP contribution in [-0.4, -0.2) is 24.2 Å². The fraction of sp³-hybridized carbons (Fsp3) is 0.263. The standard InChI is InChI=1S/C19H21N3O3S/c1-3-13-6-4-5-12(2)17(13)20-19(26)22-21-18(23)14-7-8-15-16(11-14)25-10-9-24-15/h4-8,11H,3,9-10H2,1-2H3,(H,21,23)(H2,20,22,26). The molecular weight excluding hydrogens is 350 g/mol. The third kappa shape index (κ3) is 4.05. The van der Waals surface area contributed by atoms with Gasteiger partial charge in [-0.25, -0.2) is 0 Å². The molecule has 0 fully saturated rings. The highest BCUT2D eigenvalue weighted by Gasteiger charge is 2.15. The maximum absolute atomic E-state index is 12.3. The zero-order chi connectivity index (χ0) is 18.5. The van der Waals surface area contributed by atoms with E-state index in [0.717, 1.165) is 23.2 Å². The Balaban J connectivity index is 1.60. The number of rotatable bonds is 3. The summed E-state index contributed by atoms with van der Waals surface area (Å²) >= 11 is 5.29. The minimum absolute atomic E-state index is 0.313. The summed E-state index contributed by atoms with van der Waals surface area (Å²) in [6, 6.07) is 11.1. The van der Waals surface area contributed by atoms with Crippen molar-refractivity contribution < 1.29 is 14.3 Å². The molecule has 7 heteroatoms. The molecule has 3 rings (SSSR count). The highest BCUT2D eigenvalue weighted by Crippen LogP contribution is 2.30. The largest absolute Gasteiger partial charge is 0.486 e. The van der Waals surface area contributed by atoms with E-state index < -0.39 is 0 Å². The molecule has 2 aromatic carbocycles. The number of aryl methyl sites for hydroxylation is 2. The lowest BCUT2D eigenvalue weighted by Crippen LogP contribution is -2.44. The summed E-state index contributed by atoms with van der Waals surface area (Å²) in [5.74, 6) is 0.897. The number of ether oxygens (including phenoxy) is 2. The van der Waals surface area contributed by atoms with Crippen molar-refractivity contribution in [1.29, 1.82) is 0 Å². The number of hydrogen-bond acceptors (Lipinski definition) is 4. The van der Waals surface area contributed by atoms with Crippen LogP contribution in [0.5, 0.6) is 11.5 Å². The van der Waals surface area contributed by atoms with Crippen molar-refractivity contribution in [2.75, 3.05) is 18.5 Å². The molecule has 26 heavy (non-hydrogen) atoms. The van der Waals surface area contributed by atoms with Gasteiger partial charge in [-0.05, 0) is 54.9 Å². The van der Waals surface area contributed by atoms with E-state index in [4.69, 9.17) is 21.7 Å². The fourth-order valence-corrected chi connectivity index (χ4v) is 2.87. The highest BCUT2D eigenvalue weighted by molar-refractivity contribution is 7.80. The third-order valence-corrected chi connectivity index (χ3v) is 4.28. The first-order chi connectivity index (χ1) is 12.6. The second-order valence-electron chi connectivity index (χ2n) is 5.85. The quantitative estimate of drug-likeness (QED) is 0.569. The minimum atomic E-state index is -0.313. The van der Waals surface area contributed by atoms with Crippen LogP contribution in [0.25, 0.3) is 0 Å². The summed E-state index contributed by atoms with van der Waals surface area (Å²) in [6.07, 6.45) is 0.885. The Morgan fingerprint density at radius 1 is 1.12 bits per heavy atom. The Bertz CT molecular complexity index is 839. The number of anilines is 1. The fourth-order valence-electron chi connectivity index (χ4n) is 2.72. The second kappa shape index (κ2) is 8.05. The van der Waals surface area contributed by atoms with Crippen molar-refractivity contribution in [3.8, 4) is 11.5 Å². The predicted octanol–water partition coefficient (Wildman–Crippen LogP) is 2.96. The maximum atomic E-state index is 12.3. The number of thiocarbonyl (C=S) groups is 1. The summed E-state index contributed by atoms with van der Waals surface area (Å²) < 4.78 is 10.9. The number of carbonyl (C=O) groups excluding carboxylic acids is 1. The van der Waals surface area contributed by atoms with Crippen molar-refractivity contribution >= 4 is 28.9 Å². The van der Waals surface area contributed by atoms with Gasteiger partial charge < -0.3 is 14.8 Å². The van der Waals surface area contributed by atoms with E-state index in [1.807, 2.05) is 25.1 Å². The Morgan fingerprint density at radius 2 is 1.88 bits per heavy atom. The van der Waals surface area contributed by atoms with Crippen LogP contribution in [0.15, 0.2) is 36.4 Å². The van der Waals surface area contributed by atoms with Gasteiger partial charge in [0.05, 0.1) is 0 Å². The van der Waals surface area contributed by atoms with Crippen LogP contribution in [0.1, 0.15) is 28.4 Å². The van der Waals surface area contributed by atoms with Crippen molar-refractivity contribution in [2.24, 2.45) is 0 Å². The number of para-hydroxylation sites is 1. The molecule has 0 aliphatic carbocycles. The Hall–Kier alpha value is -2.80. The zero-order valence-electron chi connectivity index (χ0n) is 14.7. The molecule has 136 valence electrons. The van der Waals surface area contributed by atoms with Gasteiger partial charge in [-0.15, -0.1) is 0 Å². The molecule has 0 saturated carbocycles. The minimum Gasteiger partial charge on any atom is -0.486 e. The summed E-state index contributed by atoms with van der Waals surface area (Å²) in [7, 11) is 0. The van der Waals surface area contributed by atoms with Crippen molar-refractivity contribution in [3.05, 3.63) is 53.1 Å². The van der Waals surface area contributed by atoms with Gasteiger partial charge in [-0.1, -0.05) is 25.1 Å². The third-order valence-electron chi connectivity index (χ3n) is 4.07. The molecule has 3 N–H and O–H groups in total. The molecule has 0 bridgehead atoms. The zero-order valence-corrected chi connectivity index (χ0v) is 15.5. The van der Waals surface area contributed by atoms with Crippen LogP contribution in [0, 0.1) is 6.92 Å². The molecule has 0 aromatic heterocycles. The van der Waals surface area contributed by atoms with Gasteiger partial charge in [0.15, 0.2) is 16.6 Å².